The first-order valence-corrected chi connectivity index (χ1v) is 12.3. The first-order valence-electron chi connectivity index (χ1n) is 9.93. The molecule has 0 radical (unpaired) electrons. The number of hydrogen-bond acceptors (Lipinski definition) is 9. The smallest absolute Gasteiger partial charge is 0.280 e. The number of aromatic nitrogens is 4. The maximum Gasteiger partial charge on any atom is 0.280 e. The van der Waals surface area contributed by atoms with E-state index in [2.05, 4.69) is 15.0 Å². The number of thioether (sulfide) groups is 1. The fraction of sp³-hybridized carbons (Fsp3) is 0.400. The minimum absolute atomic E-state index is 0.0371. The number of ether oxygens (including phenoxy) is 1. The molecule has 0 bridgehead atoms. The van der Waals surface area contributed by atoms with Gasteiger partial charge in [0.1, 0.15) is 6.35 Å². The number of aryl methyl sites for hydroxylation is 1. The highest BCUT2D eigenvalue weighted by molar-refractivity contribution is 8.13. The number of nitrogen functional groups attached to an aromatic ring is 1. The number of rotatable bonds is 12. The summed E-state index contributed by atoms with van der Waals surface area (Å²) in [5.41, 5.74) is 8.11. The molecular formula is C20H26N5O5PS. The van der Waals surface area contributed by atoms with Gasteiger partial charge in [-0.15, -0.1) is 0 Å². The molecule has 0 amide bonds. The van der Waals surface area contributed by atoms with Gasteiger partial charge in [-0.05, 0) is 12.5 Å². The van der Waals surface area contributed by atoms with Crippen molar-refractivity contribution >= 4 is 42.4 Å². The first kappa shape index (κ1) is 24.3. The van der Waals surface area contributed by atoms with Crippen LogP contribution in [0.25, 0.3) is 11.2 Å². The number of nitrogens with one attached hydrogen (secondary N) is 1. The maximum absolute atomic E-state index is 11.9. The molecule has 12 heteroatoms. The normalized spacial score (nSPS) is 12.3. The number of benzene rings is 1. The average Bonchev–Trinajstić information content (AvgIpc) is 3.15. The van der Waals surface area contributed by atoms with E-state index in [9.17, 15) is 9.59 Å². The Morgan fingerprint density at radius 1 is 1.25 bits per heavy atom. The largest absolute Gasteiger partial charge is 0.370 e. The molecule has 2 aromatic heterocycles. The molecule has 0 aliphatic carbocycles. The third-order valence-electron chi connectivity index (χ3n) is 4.29. The number of hydrogen-bond donors (Lipinski definition) is 2. The van der Waals surface area contributed by atoms with Crippen molar-refractivity contribution in [1.29, 1.82) is 0 Å². The molecule has 3 aromatic rings. The maximum atomic E-state index is 11.9. The summed E-state index contributed by atoms with van der Waals surface area (Å²) < 4.78 is 19.3. The molecule has 0 saturated carbocycles. The van der Waals surface area contributed by atoms with Crippen molar-refractivity contribution in [3.63, 3.8) is 0 Å². The van der Waals surface area contributed by atoms with Crippen molar-refractivity contribution in [3.8, 4) is 0 Å². The van der Waals surface area contributed by atoms with Crippen LogP contribution in [0.5, 0.6) is 0 Å². The van der Waals surface area contributed by atoms with Gasteiger partial charge in [0.15, 0.2) is 24.7 Å². The molecule has 0 spiro atoms. The molecule has 172 valence electrons. The summed E-state index contributed by atoms with van der Waals surface area (Å²) >= 11 is 1.21. The Hall–Kier alpha value is -2.30. The molecule has 3 rings (SSSR count). The average molecular weight is 479 g/mol. The molecule has 0 fully saturated rings. The Morgan fingerprint density at radius 3 is 2.78 bits per heavy atom. The minimum Gasteiger partial charge on any atom is -0.370 e. The number of imidazole rings is 1. The standard InChI is InChI=1S/C20H26N5O5PS/c1-14-3-5-16(6-4-14)11-30-31(29-9-10-32-15(2)26)13-28-8-7-25-12-22-17-18(25)23-20(21)24-19(17)27/h3-6,12H,7-11,13H2,1-2H3,(H3,21,23,24,27). The molecule has 2 heterocycles. The predicted molar refractivity (Wildman–Crippen MR) is 125 cm³/mol. The second-order valence-corrected chi connectivity index (χ2v) is 9.58. The van der Waals surface area contributed by atoms with Crippen LogP contribution in [0.15, 0.2) is 35.4 Å². The monoisotopic (exact) mass is 479 g/mol. The fourth-order valence-electron chi connectivity index (χ4n) is 2.70. The van der Waals surface area contributed by atoms with Gasteiger partial charge in [0, 0.05) is 19.2 Å². The number of carbonyl (C=O) groups excluding carboxylic acids is 1. The van der Waals surface area contributed by atoms with Gasteiger partial charge in [-0.1, -0.05) is 41.6 Å². The lowest BCUT2D eigenvalue weighted by Crippen LogP contribution is -2.13. The molecule has 10 nitrogen and oxygen atoms in total. The van der Waals surface area contributed by atoms with E-state index in [4.69, 9.17) is 19.5 Å². The summed E-state index contributed by atoms with van der Waals surface area (Å²) in [6.07, 6.45) is 1.80. The zero-order valence-corrected chi connectivity index (χ0v) is 19.7. The van der Waals surface area contributed by atoms with E-state index in [1.165, 1.54) is 30.6 Å². The summed E-state index contributed by atoms with van der Waals surface area (Å²) in [5.74, 6) is 0.597. The number of nitrogens with zero attached hydrogens (tertiary/aromatic N) is 3. The van der Waals surface area contributed by atoms with E-state index in [1.54, 1.807) is 4.57 Å². The summed E-state index contributed by atoms with van der Waals surface area (Å²) in [6.45, 7) is 5.15. The zero-order chi connectivity index (χ0) is 22.9. The SMILES string of the molecule is CC(=O)SCCOP(COCCn1cnc2c(=O)[nH]c(N)nc21)OCc1ccc(C)cc1. The van der Waals surface area contributed by atoms with Crippen LogP contribution in [0.3, 0.4) is 0 Å². The lowest BCUT2D eigenvalue weighted by molar-refractivity contribution is -0.109. The van der Waals surface area contributed by atoms with Crippen LogP contribution in [0.2, 0.25) is 0 Å². The van der Waals surface area contributed by atoms with Gasteiger partial charge in [-0.3, -0.25) is 14.6 Å². The predicted octanol–water partition coefficient (Wildman–Crippen LogP) is 2.81. The van der Waals surface area contributed by atoms with Crippen LogP contribution in [-0.2, 0) is 31.7 Å². The second-order valence-electron chi connectivity index (χ2n) is 6.86. The van der Waals surface area contributed by atoms with Crippen LogP contribution in [0.1, 0.15) is 18.1 Å². The van der Waals surface area contributed by atoms with E-state index >= 15 is 0 Å². The van der Waals surface area contributed by atoms with Gasteiger partial charge in [0.05, 0.1) is 26.1 Å². The Balaban J connectivity index is 1.51. The van der Waals surface area contributed by atoms with Crippen molar-refractivity contribution in [2.24, 2.45) is 0 Å². The van der Waals surface area contributed by atoms with Crippen molar-refractivity contribution in [3.05, 3.63) is 52.1 Å². The Morgan fingerprint density at radius 2 is 2.03 bits per heavy atom. The Bertz CT molecular complexity index is 1090. The zero-order valence-electron chi connectivity index (χ0n) is 17.9. The lowest BCUT2D eigenvalue weighted by atomic mass is 10.2. The quantitative estimate of drug-likeness (QED) is 0.297. The molecule has 32 heavy (non-hydrogen) atoms. The topological polar surface area (TPSA) is 134 Å². The second kappa shape index (κ2) is 12.1. The molecule has 1 unspecified atom stereocenters. The van der Waals surface area contributed by atoms with E-state index < -0.39 is 8.38 Å². The number of fused-ring (bicyclic) bond motifs is 1. The molecule has 0 aliphatic heterocycles. The van der Waals surface area contributed by atoms with E-state index in [0.717, 1.165) is 5.56 Å². The number of H-pyrrole nitrogens is 1. The fourth-order valence-corrected chi connectivity index (χ4v) is 4.37. The van der Waals surface area contributed by atoms with Crippen molar-refractivity contribution in [2.45, 2.75) is 27.0 Å². The van der Waals surface area contributed by atoms with E-state index in [0.29, 0.717) is 37.8 Å². The summed E-state index contributed by atoms with van der Waals surface area (Å²) in [4.78, 5) is 33.6. The minimum atomic E-state index is -1.30. The highest BCUT2D eigenvalue weighted by Crippen LogP contribution is 2.39. The highest BCUT2D eigenvalue weighted by Gasteiger charge is 2.13. The van der Waals surface area contributed by atoms with Crippen LogP contribution >= 0.6 is 20.1 Å². The highest BCUT2D eigenvalue weighted by atomic mass is 32.2. The van der Waals surface area contributed by atoms with E-state index in [1.807, 2.05) is 31.2 Å². The van der Waals surface area contributed by atoms with Gasteiger partial charge in [-0.25, -0.2) is 4.98 Å². The van der Waals surface area contributed by atoms with Crippen LogP contribution in [0.4, 0.5) is 5.95 Å². The Labute approximate surface area is 190 Å². The first-order chi connectivity index (χ1) is 15.4. The van der Waals surface area contributed by atoms with Gasteiger partial charge >= 0.3 is 0 Å². The molecule has 1 atom stereocenters. The van der Waals surface area contributed by atoms with Crippen molar-refractivity contribution in [2.75, 3.05) is 31.0 Å². The summed E-state index contributed by atoms with van der Waals surface area (Å²) in [5, 5.41) is 0.0513. The molecule has 1 aromatic carbocycles. The molecule has 3 N–H and O–H groups in total. The molecule has 0 saturated heterocycles. The van der Waals surface area contributed by atoms with E-state index in [-0.39, 0.29) is 28.5 Å². The van der Waals surface area contributed by atoms with Gasteiger partial charge in [0.25, 0.3) is 5.56 Å². The number of carbonyl (C=O) groups is 1. The number of nitrogens with two attached hydrogens (primary N) is 1. The van der Waals surface area contributed by atoms with Crippen molar-refractivity contribution in [1.82, 2.24) is 19.5 Å². The van der Waals surface area contributed by atoms with Crippen LogP contribution in [-0.4, -0.2) is 49.9 Å². The number of aromatic amines is 1. The lowest BCUT2D eigenvalue weighted by Gasteiger charge is -2.18. The van der Waals surface area contributed by atoms with Crippen LogP contribution < -0.4 is 11.3 Å². The molecular weight excluding hydrogens is 453 g/mol. The summed E-state index contributed by atoms with van der Waals surface area (Å²) in [7, 11) is -1.30. The van der Waals surface area contributed by atoms with Gasteiger partial charge < -0.3 is 24.1 Å². The molecule has 0 aliphatic rings. The van der Waals surface area contributed by atoms with Gasteiger partial charge in [-0.2, -0.15) is 4.98 Å². The summed E-state index contributed by atoms with van der Waals surface area (Å²) in [6, 6.07) is 8.09. The Kier molecular flexibility index (Phi) is 9.19. The van der Waals surface area contributed by atoms with Crippen LogP contribution in [0, 0.1) is 6.92 Å². The number of anilines is 1. The third kappa shape index (κ3) is 7.39. The van der Waals surface area contributed by atoms with Gasteiger partial charge in [0.2, 0.25) is 5.95 Å². The van der Waals surface area contributed by atoms with Crippen molar-refractivity contribution < 1.29 is 18.6 Å². The third-order valence-corrected chi connectivity index (χ3v) is 6.34.